The van der Waals surface area contributed by atoms with Crippen LogP contribution in [-0.2, 0) is 4.79 Å². The van der Waals surface area contributed by atoms with E-state index in [1.165, 1.54) is 5.56 Å². The number of carbonyl (C=O) groups excluding carboxylic acids is 1. The molecule has 2 rings (SSSR count). The van der Waals surface area contributed by atoms with Gasteiger partial charge in [-0.15, -0.1) is 0 Å². The number of benzene rings is 2. The molecule has 0 saturated heterocycles. The number of nitrogens with two attached hydrogens (primary N) is 1. The second kappa shape index (κ2) is 6.87. The van der Waals surface area contributed by atoms with Gasteiger partial charge in [0.1, 0.15) is 6.04 Å². The summed E-state index contributed by atoms with van der Waals surface area (Å²) in [7, 11) is 0. The molecular formula is C17H21N2O+. The summed E-state index contributed by atoms with van der Waals surface area (Å²) in [6.45, 7) is 4.04. The highest BCUT2D eigenvalue weighted by Crippen LogP contribution is 2.08. The molecule has 2 aromatic carbocycles. The van der Waals surface area contributed by atoms with Crippen LogP contribution in [0.4, 0.5) is 5.69 Å². The summed E-state index contributed by atoms with van der Waals surface area (Å²) >= 11 is 0. The lowest BCUT2D eigenvalue weighted by Gasteiger charge is -2.16. The average molecular weight is 269 g/mol. The zero-order valence-electron chi connectivity index (χ0n) is 11.9. The summed E-state index contributed by atoms with van der Waals surface area (Å²) in [5, 5.41) is 5.01. The predicted molar refractivity (Wildman–Crippen MR) is 81.3 cm³/mol. The first kappa shape index (κ1) is 14.3. The first-order valence-corrected chi connectivity index (χ1v) is 6.92. The normalized spacial score (nSPS) is 13.5. The fraction of sp³-hybridized carbons (Fsp3) is 0.235. The maximum Gasteiger partial charge on any atom is 0.282 e. The Labute approximate surface area is 120 Å². The molecule has 0 bridgehead atoms. The van der Waals surface area contributed by atoms with Crippen molar-refractivity contribution in [3.63, 3.8) is 0 Å². The van der Waals surface area contributed by atoms with Gasteiger partial charge in [0.15, 0.2) is 6.04 Å². The fourth-order valence-corrected chi connectivity index (χ4v) is 2.17. The molecule has 0 saturated carbocycles. The number of rotatable bonds is 5. The predicted octanol–water partition coefficient (Wildman–Crippen LogP) is 2.34. The molecule has 0 fully saturated rings. The van der Waals surface area contributed by atoms with Crippen LogP contribution in [0, 0.1) is 0 Å². The molecule has 3 nitrogen and oxygen atoms in total. The summed E-state index contributed by atoms with van der Waals surface area (Å²) < 4.78 is 0. The highest BCUT2D eigenvalue weighted by molar-refractivity contribution is 5.93. The van der Waals surface area contributed by atoms with Crippen molar-refractivity contribution < 1.29 is 10.1 Å². The van der Waals surface area contributed by atoms with Gasteiger partial charge in [-0.1, -0.05) is 48.5 Å². The minimum Gasteiger partial charge on any atom is -0.330 e. The molecule has 0 spiro atoms. The van der Waals surface area contributed by atoms with E-state index in [1.807, 2.05) is 55.5 Å². The van der Waals surface area contributed by atoms with Crippen LogP contribution < -0.4 is 10.6 Å². The number of hydrogen-bond donors (Lipinski definition) is 2. The highest BCUT2D eigenvalue weighted by Gasteiger charge is 2.20. The van der Waals surface area contributed by atoms with E-state index in [-0.39, 0.29) is 18.0 Å². The van der Waals surface area contributed by atoms with Crippen molar-refractivity contribution in [3.8, 4) is 0 Å². The van der Waals surface area contributed by atoms with E-state index in [4.69, 9.17) is 0 Å². The first-order chi connectivity index (χ1) is 9.66. The molecule has 20 heavy (non-hydrogen) atoms. The molecule has 0 aliphatic carbocycles. The van der Waals surface area contributed by atoms with Gasteiger partial charge in [-0.25, -0.2) is 0 Å². The van der Waals surface area contributed by atoms with Crippen molar-refractivity contribution in [1.29, 1.82) is 0 Å². The molecule has 0 radical (unpaired) electrons. The Balaban J connectivity index is 1.91. The van der Waals surface area contributed by atoms with Gasteiger partial charge in [0, 0.05) is 11.3 Å². The number of amides is 1. The minimum atomic E-state index is -0.134. The molecule has 0 aromatic heterocycles. The summed E-state index contributed by atoms with van der Waals surface area (Å²) in [6, 6.07) is 19.9. The Morgan fingerprint density at radius 1 is 0.950 bits per heavy atom. The van der Waals surface area contributed by atoms with Gasteiger partial charge in [0.05, 0.1) is 0 Å². The third-order valence-electron chi connectivity index (χ3n) is 3.36. The smallest absolute Gasteiger partial charge is 0.282 e. The molecule has 1 amide bonds. The fourth-order valence-electron chi connectivity index (χ4n) is 2.17. The summed E-state index contributed by atoms with van der Waals surface area (Å²) in [5.41, 5.74) is 2.07. The molecule has 3 heteroatoms. The van der Waals surface area contributed by atoms with E-state index in [0.29, 0.717) is 0 Å². The SMILES string of the molecule is C[C@H]([NH2+][C@@H](C)c1ccccc1)C(=O)Nc1ccccc1. The second-order valence-electron chi connectivity index (χ2n) is 5.04. The van der Waals surface area contributed by atoms with E-state index < -0.39 is 0 Å². The van der Waals surface area contributed by atoms with Crippen LogP contribution >= 0.6 is 0 Å². The molecule has 2 aromatic rings. The standard InChI is InChI=1S/C17H20N2O/c1-13(15-9-5-3-6-10-15)18-14(2)17(20)19-16-11-7-4-8-12-16/h3-14,18H,1-2H3,(H,19,20)/p+1/t13-,14-/m0/s1. The molecule has 104 valence electrons. The Morgan fingerprint density at radius 2 is 1.50 bits per heavy atom. The lowest BCUT2D eigenvalue weighted by Crippen LogP contribution is -2.91. The Morgan fingerprint density at radius 3 is 2.10 bits per heavy atom. The van der Waals surface area contributed by atoms with E-state index in [0.717, 1.165) is 5.69 Å². The van der Waals surface area contributed by atoms with Crippen LogP contribution in [0.3, 0.4) is 0 Å². The van der Waals surface area contributed by atoms with Crippen LogP contribution in [0.25, 0.3) is 0 Å². The van der Waals surface area contributed by atoms with Crippen molar-refractivity contribution in [2.75, 3.05) is 5.32 Å². The van der Waals surface area contributed by atoms with Gasteiger partial charge in [-0.05, 0) is 26.0 Å². The first-order valence-electron chi connectivity index (χ1n) is 6.92. The van der Waals surface area contributed by atoms with E-state index in [2.05, 4.69) is 29.7 Å². The van der Waals surface area contributed by atoms with Gasteiger partial charge < -0.3 is 10.6 Å². The topological polar surface area (TPSA) is 45.7 Å². The van der Waals surface area contributed by atoms with E-state index in [9.17, 15) is 4.79 Å². The highest BCUT2D eigenvalue weighted by atomic mass is 16.2. The van der Waals surface area contributed by atoms with Crippen molar-refractivity contribution >= 4 is 11.6 Å². The Hall–Kier alpha value is -2.13. The number of nitrogens with one attached hydrogen (secondary N) is 1. The van der Waals surface area contributed by atoms with Gasteiger partial charge in [-0.2, -0.15) is 0 Å². The summed E-state index contributed by atoms with van der Waals surface area (Å²) in [4.78, 5) is 12.1. The Kier molecular flexibility index (Phi) is 4.91. The number of para-hydroxylation sites is 1. The van der Waals surface area contributed by atoms with Gasteiger partial charge >= 0.3 is 0 Å². The lowest BCUT2D eigenvalue weighted by molar-refractivity contribution is -0.709. The number of hydrogen-bond acceptors (Lipinski definition) is 1. The number of carbonyl (C=O) groups is 1. The maximum absolute atomic E-state index is 12.1. The molecular weight excluding hydrogens is 248 g/mol. The zero-order valence-corrected chi connectivity index (χ0v) is 11.9. The number of anilines is 1. The molecule has 0 unspecified atom stereocenters. The molecule has 0 aliphatic heterocycles. The van der Waals surface area contributed by atoms with Crippen LogP contribution in [0.2, 0.25) is 0 Å². The molecule has 3 N–H and O–H groups in total. The lowest BCUT2D eigenvalue weighted by atomic mass is 10.1. The Bertz CT molecular complexity index is 539. The van der Waals surface area contributed by atoms with E-state index >= 15 is 0 Å². The zero-order chi connectivity index (χ0) is 14.4. The van der Waals surface area contributed by atoms with E-state index in [1.54, 1.807) is 0 Å². The van der Waals surface area contributed by atoms with Gasteiger partial charge in [0.25, 0.3) is 5.91 Å². The molecule has 0 aliphatic rings. The van der Waals surface area contributed by atoms with Crippen LogP contribution in [0.15, 0.2) is 60.7 Å². The number of quaternary nitrogens is 1. The van der Waals surface area contributed by atoms with Gasteiger partial charge in [-0.3, -0.25) is 4.79 Å². The third kappa shape index (κ3) is 3.93. The van der Waals surface area contributed by atoms with Crippen molar-refractivity contribution in [1.82, 2.24) is 0 Å². The minimum absolute atomic E-state index is 0.0268. The summed E-state index contributed by atoms with van der Waals surface area (Å²) in [5.74, 6) is 0.0268. The average Bonchev–Trinajstić information content (AvgIpc) is 2.49. The second-order valence-corrected chi connectivity index (χ2v) is 5.04. The quantitative estimate of drug-likeness (QED) is 0.860. The largest absolute Gasteiger partial charge is 0.330 e. The van der Waals surface area contributed by atoms with Crippen molar-refractivity contribution in [2.24, 2.45) is 0 Å². The monoisotopic (exact) mass is 269 g/mol. The maximum atomic E-state index is 12.1. The molecule has 0 heterocycles. The van der Waals surface area contributed by atoms with Gasteiger partial charge in [0.2, 0.25) is 0 Å². The van der Waals surface area contributed by atoms with Crippen LogP contribution in [0.5, 0.6) is 0 Å². The van der Waals surface area contributed by atoms with Crippen LogP contribution in [0.1, 0.15) is 25.5 Å². The molecule has 2 atom stereocenters. The van der Waals surface area contributed by atoms with Crippen molar-refractivity contribution in [3.05, 3.63) is 66.2 Å². The third-order valence-corrected chi connectivity index (χ3v) is 3.36. The van der Waals surface area contributed by atoms with Crippen molar-refractivity contribution in [2.45, 2.75) is 25.9 Å². The summed E-state index contributed by atoms with van der Waals surface area (Å²) in [6.07, 6.45) is 0. The van der Waals surface area contributed by atoms with Crippen LogP contribution in [-0.4, -0.2) is 11.9 Å².